The van der Waals surface area contributed by atoms with Crippen LogP contribution in [0.1, 0.15) is 6.92 Å². The number of imidazole rings is 3. The lowest BCUT2D eigenvalue weighted by atomic mass is 10.2. The van der Waals surface area contributed by atoms with Gasteiger partial charge in [0.25, 0.3) is 0 Å². The fourth-order valence-corrected chi connectivity index (χ4v) is 5.70. The van der Waals surface area contributed by atoms with Crippen molar-refractivity contribution in [2.45, 2.75) is 12.1 Å². The van der Waals surface area contributed by atoms with E-state index in [2.05, 4.69) is 93.3 Å². The lowest BCUT2D eigenvalue weighted by Crippen LogP contribution is -1.96. The first kappa shape index (κ1) is 17.9. The van der Waals surface area contributed by atoms with Crippen LogP contribution in [0.25, 0.3) is 50.3 Å². The molecule has 0 atom stereocenters. The third-order valence-corrected chi connectivity index (χ3v) is 7.11. The summed E-state index contributed by atoms with van der Waals surface area (Å²) in [6.07, 6.45) is 4.42. The number of allylic oxidation sites excluding steroid dienone is 3. The average molecular weight is 434 g/mol. The van der Waals surface area contributed by atoms with Crippen molar-refractivity contribution in [3.05, 3.63) is 84.9 Å². The molecule has 1 aliphatic heterocycles. The number of para-hydroxylation sites is 6. The van der Waals surface area contributed by atoms with Crippen molar-refractivity contribution in [3.63, 3.8) is 0 Å². The molecule has 0 amide bonds. The van der Waals surface area contributed by atoms with E-state index in [4.69, 9.17) is 9.97 Å². The summed E-state index contributed by atoms with van der Waals surface area (Å²) < 4.78 is 6.78. The highest BCUT2D eigenvalue weighted by atomic mass is 32.2. The molecule has 0 spiro atoms. The molecule has 0 bridgehead atoms. The summed E-state index contributed by atoms with van der Waals surface area (Å²) in [6.45, 7) is 2.15. The molecule has 4 heterocycles. The molecule has 0 radical (unpaired) electrons. The second kappa shape index (κ2) is 6.61. The van der Waals surface area contributed by atoms with E-state index in [9.17, 15) is 0 Å². The average Bonchev–Trinajstić information content (AvgIpc) is 3.55. The van der Waals surface area contributed by atoms with Crippen molar-refractivity contribution in [1.82, 2.24) is 23.5 Å². The Labute approximate surface area is 188 Å². The summed E-state index contributed by atoms with van der Waals surface area (Å²) in [5, 5.41) is 1.07. The van der Waals surface area contributed by atoms with Gasteiger partial charge in [-0.3, -0.25) is 13.5 Å². The molecule has 6 heteroatoms. The molecular weight excluding hydrogens is 414 g/mol. The summed E-state index contributed by atoms with van der Waals surface area (Å²) in [5.74, 6) is 1.86. The zero-order valence-corrected chi connectivity index (χ0v) is 18.3. The van der Waals surface area contributed by atoms with Crippen LogP contribution in [0.15, 0.2) is 90.1 Å². The maximum absolute atomic E-state index is 4.97. The third-order valence-electron chi connectivity index (χ3n) is 6.14. The van der Waals surface area contributed by atoms with Crippen LogP contribution >= 0.6 is 11.8 Å². The van der Waals surface area contributed by atoms with Gasteiger partial charge in [0.2, 0.25) is 5.78 Å². The van der Waals surface area contributed by atoms with Gasteiger partial charge in [0, 0.05) is 17.1 Å². The summed E-state index contributed by atoms with van der Waals surface area (Å²) in [6, 6.07) is 25.1. The van der Waals surface area contributed by atoms with Gasteiger partial charge in [-0.15, -0.1) is 0 Å². The lowest BCUT2D eigenvalue weighted by Gasteiger charge is -2.06. The molecule has 154 valence electrons. The number of rotatable bonds is 2. The molecule has 0 unspecified atom stereocenters. The highest BCUT2D eigenvalue weighted by molar-refractivity contribution is 7.99. The maximum Gasteiger partial charge on any atom is 0.220 e. The summed E-state index contributed by atoms with van der Waals surface area (Å²) in [7, 11) is 0. The first-order chi connectivity index (χ1) is 15.8. The summed E-state index contributed by atoms with van der Waals surface area (Å²) in [4.78, 5) is 9.74. The Hall–Kier alpha value is -3.77. The fraction of sp³-hybridized carbons (Fsp3) is 0.0769. The minimum Gasteiger partial charge on any atom is -0.290 e. The smallest absolute Gasteiger partial charge is 0.220 e. The number of benzene rings is 3. The molecule has 0 aliphatic carbocycles. The molecule has 6 aromatic rings. The highest BCUT2D eigenvalue weighted by Crippen LogP contribution is 2.36. The van der Waals surface area contributed by atoms with E-state index >= 15 is 0 Å². The quantitative estimate of drug-likeness (QED) is 0.322. The largest absolute Gasteiger partial charge is 0.290 e. The van der Waals surface area contributed by atoms with E-state index < -0.39 is 0 Å². The van der Waals surface area contributed by atoms with Crippen molar-refractivity contribution in [3.8, 4) is 0 Å². The second-order valence-electron chi connectivity index (χ2n) is 8.03. The van der Waals surface area contributed by atoms with E-state index in [1.807, 2.05) is 12.1 Å². The highest BCUT2D eigenvalue weighted by Gasteiger charge is 2.21. The molecule has 7 rings (SSSR count). The van der Waals surface area contributed by atoms with Crippen LogP contribution in [0.4, 0.5) is 0 Å². The first-order valence-electron chi connectivity index (χ1n) is 10.6. The second-order valence-corrected chi connectivity index (χ2v) is 8.98. The van der Waals surface area contributed by atoms with Crippen LogP contribution in [0, 0.1) is 0 Å². The minimum atomic E-state index is 0.923. The molecular formula is C26H19N5S. The molecule has 1 aliphatic rings. The van der Waals surface area contributed by atoms with E-state index in [1.54, 1.807) is 11.8 Å². The Kier molecular flexibility index (Phi) is 3.69. The standard InChI is InChI=1S/C26H19N5S/c1-17(14-15-18-16-32-26-28-20-9-3-4-10-21(20)30(18)26)29-23-12-6-7-13-24(23)31-22-11-5-2-8-19(22)27-25(29)31/h2-15H,16H2,1H3. The monoisotopic (exact) mass is 433 g/mol. The normalized spacial score (nSPS) is 15.7. The van der Waals surface area contributed by atoms with Crippen LogP contribution in [0.5, 0.6) is 0 Å². The van der Waals surface area contributed by atoms with Crippen molar-refractivity contribution in [1.29, 1.82) is 0 Å². The van der Waals surface area contributed by atoms with Crippen LogP contribution in [-0.4, -0.2) is 29.3 Å². The molecule has 3 aromatic heterocycles. The number of aromatic nitrogens is 5. The molecule has 0 saturated carbocycles. The first-order valence-corrected chi connectivity index (χ1v) is 11.6. The van der Waals surface area contributed by atoms with Crippen LogP contribution < -0.4 is 0 Å². The van der Waals surface area contributed by atoms with Gasteiger partial charge < -0.3 is 0 Å². The van der Waals surface area contributed by atoms with Gasteiger partial charge >= 0.3 is 0 Å². The Morgan fingerprint density at radius 1 is 0.812 bits per heavy atom. The number of nitrogens with zero attached hydrogens (tertiary/aromatic N) is 5. The topological polar surface area (TPSA) is 40.0 Å². The Balaban J connectivity index is 1.43. The zero-order chi connectivity index (χ0) is 21.2. The predicted molar refractivity (Wildman–Crippen MR) is 133 cm³/mol. The zero-order valence-electron chi connectivity index (χ0n) is 17.4. The van der Waals surface area contributed by atoms with E-state index in [-0.39, 0.29) is 0 Å². The Bertz CT molecular complexity index is 1740. The Morgan fingerprint density at radius 3 is 2.28 bits per heavy atom. The van der Waals surface area contributed by atoms with Crippen molar-refractivity contribution < 1.29 is 0 Å². The summed E-state index contributed by atoms with van der Waals surface area (Å²) >= 11 is 1.79. The minimum absolute atomic E-state index is 0.923. The molecule has 0 saturated heterocycles. The number of hydrogen-bond donors (Lipinski definition) is 0. The molecule has 0 N–H and O–H groups in total. The maximum atomic E-state index is 4.97. The van der Waals surface area contributed by atoms with Crippen LogP contribution in [0.3, 0.4) is 0 Å². The lowest BCUT2D eigenvalue weighted by molar-refractivity contribution is 0.962. The fourth-order valence-electron chi connectivity index (χ4n) is 4.69. The van der Waals surface area contributed by atoms with E-state index in [1.165, 1.54) is 5.70 Å². The van der Waals surface area contributed by atoms with Gasteiger partial charge in [0.05, 0.1) is 33.1 Å². The number of fused-ring (bicyclic) bond motifs is 8. The number of hydrogen-bond acceptors (Lipinski definition) is 3. The van der Waals surface area contributed by atoms with Gasteiger partial charge in [-0.1, -0.05) is 48.2 Å². The van der Waals surface area contributed by atoms with Gasteiger partial charge in [0.1, 0.15) is 0 Å². The molecule has 32 heavy (non-hydrogen) atoms. The Morgan fingerprint density at radius 2 is 1.47 bits per heavy atom. The van der Waals surface area contributed by atoms with Crippen LogP contribution in [-0.2, 0) is 0 Å². The van der Waals surface area contributed by atoms with Crippen molar-refractivity contribution in [2.75, 3.05) is 5.75 Å². The number of thioether (sulfide) groups is 1. The molecule has 0 fully saturated rings. The predicted octanol–water partition coefficient (Wildman–Crippen LogP) is 6.30. The summed E-state index contributed by atoms with van der Waals surface area (Å²) in [5.41, 5.74) is 9.04. The van der Waals surface area contributed by atoms with E-state index in [0.29, 0.717) is 0 Å². The van der Waals surface area contributed by atoms with Crippen molar-refractivity contribution >= 4 is 62.0 Å². The van der Waals surface area contributed by atoms with Gasteiger partial charge in [-0.05, 0) is 55.5 Å². The van der Waals surface area contributed by atoms with E-state index in [0.717, 1.165) is 55.5 Å². The third kappa shape index (κ3) is 2.41. The molecule has 3 aromatic carbocycles. The van der Waals surface area contributed by atoms with Crippen molar-refractivity contribution in [2.24, 2.45) is 0 Å². The van der Waals surface area contributed by atoms with Gasteiger partial charge in [-0.25, -0.2) is 9.97 Å². The molecule has 5 nitrogen and oxygen atoms in total. The van der Waals surface area contributed by atoms with Gasteiger partial charge in [0.15, 0.2) is 5.16 Å². The SMILES string of the molecule is CC(=CC=C1CSc2nc3ccccc3n21)n1c2ccccc2n2c3ccccc3nc12. The van der Waals surface area contributed by atoms with Crippen LogP contribution in [0.2, 0.25) is 0 Å². The van der Waals surface area contributed by atoms with Gasteiger partial charge in [-0.2, -0.15) is 0 Å².